The topological polar surface area (TPSA) is 12.4 Å². The Hall–Kier alpha value is -2.45. The molecule has 3 aromatic rings. The van der Waals surface area contributed by atoms with Gasteiger partial charge in [0.2, 0.25) is 0 Å². The second-order valence-electron chi connectivity index (χ2n) is 9.31. The Labute approximate surface area is 179 Å². The van der Waals surface area contributed by atoms with Crippen LogP contribution in [-0.2, 0) is 0 Å². The lowest BCUT2D eigenvalue weighted by atomic mass is 9.67. The quantitative estimate of drug-likeness (QED) is 0.339. The number of nitrogens with zero attached hydrogens (tertiary/aromatic N) is 1. The van der Waals surface area contributed by atoms with Gasteiger partial charge < -0.3 is 0 Å². The molecule has 1 fully saturated rings. The molecule has 142 valence electrons. The van der Waals surface area contributed by atoms with Gasteiger partial charge >= 0.3 is 0 Å². The van der Waals surface area contributed by atoms with Gasteiger partial charge in [0.1, 0.15) is 0 Å². The number of fused-ring (bicyclic) bond motifs is 5. The maximum atomic E-state index is 5.15. The summed E-state index contributed by atoms with van der Waals surface area (Å²) in [7, 11) is 0. The third-order valence-corrected chi connectivity index (χ3v) is 7.09. The Bertz CT molecular complexity index is 1330. The lowest BCUT2D eigenvalue weighted by Gasteiger charge is -2.37. The summed E-state index contributed by atoms with van der Waals surface area (Å²) < 4.78 is 1.13. The van der Waals surface area contributed by atoms with Crippen LogP contribution < -0.4 is 10.4 Å². The fraction of sp³-hybridized carbons (Fsp3) is 0.222. The van der Waals surface area contributed by atoms with Crippen molar-refractivity contribution in [2.24, 2.45) is 10.4 Å². The van der Waals surface area contributed by atoms with Crippen LogP contribution in [-0.4, -0.2) is 5.71 Å². The van der Waals surface area contributed by atoms with Crippen molar-refractivity contribution in [3.8, 4) is 11.1 Å². The molecular weight excluding hydrogens is 418 g/mol. The molecule has 2 heteroatoms. The van der Waals surface area contributed by atoms with Gasteiger partial charge in [-0.05, 0) is 81.6 Å². The van der Waals surface area contributed by atoms with Crippen LogP contribution >= 0.6 is 15.9 Å². The molecule has 1 saturated carbocycles. The minimum atomic E-state index is 0.261. The van der Waals surface area contributed by atoms with E-state index >= 15 is 0 Å². The Balaban J connectivity index is 1.62. The van der Waals surface area contributed by atoms with E-state index in [1.54, 1.807) is 0 Å². The van der Waals surface area contributed by atoms with Crippen LogP contribution in [0.5, 0.6) is 0 Å². The van der Waals surface area contributed by atoms with Crippen molar-refractivity contribution in [3.63, 3.8) is 0 Å². The molecule has 1 heterocycles. The van der Waals surface area contributed by atoms with E-state index in [-0.39, 0.29) is 5.41 Å². The van der Waals surface area contributed by atoms with Gasteiger partial charge in [0.15, 0.2) is 0 Å². The number of benzene rings is 3. The van der Waals surface area contributed by atoms with Crippen molar-refractivity contribution >= 4 is 39.0 Å². The molecule has 1 aliphatic heterocycles. The zero-order chi connectivity index (χ0) is 19.8. The van der Waals surface area contributed by atoms with Gasteiger partial charge in [-0.3, -0.25) is 4.99 Å². The van der Waals surface area contributed by atoms with Gasteiger partial charge in [-0.2, -0.15) is 0 Å². The van der Waals surface area contributed by atoms with Crippen LogP contribution in [0.2, 0.25) is 0 Å². The smallest absolute Gasteiger partial charge is 0.0715 e. The van der Waals surface area contributed by atoms with Crippen LogP contribution in [0, 0.1) is 5.41 Å². The van der Waals surface area contributed by atoms with Crippen LogP contribution in [0.1, 0.15) is 43.7 Å². The summed E-state index contributed by atoms with van der Waals surface area (Å²) in [5, 5.41) is 2.63. The highest BCUT2D eigenvalue weighted by Crippen LogP contribution is 2.47. The SMILES string of the molecule is CC1(C)CC2=Nc3cc4c(cc3=C2C(c2ccccc2)C1)-c1cc(Br)ccc1C=4. The summed E-state index contributed by atoms with van der Waals surface area (Å²) in [6, 6.07) is 22.2. The first kappa shape index (κ1) is 17.4. The van der Waals surface area contributed by atoms with Gasteiger partial charge in [-0.25, -0.2) is 0 Å². The average Bonchev–Trinajstić information content (AvgIpc) is 3.22. The molecule has 0 radical (unpaired) electrons. The lowest BCUT2D eigenvalue weighted by molar-refractivity contribution is 0.328. The fourth-order valence-corrected chi connectivity index (χ4v) is 5.72. The van der Waals surface area contributed by atoms with Gasteiger partial charge in [0, 0.05) is 21.3 Å². The zero-order valence-corrected chi connectivity index (χ0v) is 18.3. The molecule has 0 amide bonds. The molecular formula is C27H22BrN. The van der Waals surface area contributed by atoms with E-state index in [0.29, 0.717) is 5.92 Å². The highest BCUT2D eigenvalue weighted by molar-refractivity contribution is 9.10. The van der Waals surface area contributed by atoms with E-state index in [1.165, 1.54) is 44.0 Å². The van der Waals surface area contributed by atoms with Gasteiger partial charge in [0.25, 0.3) is 0 Å². The highest BCUT2D eigenvalue weighted by atomic mass is 79.9. The van der Waals surface area contributed by atoms with E-state index in [9.17, 15) is 0 Å². The number of aliphatic imine (C=N–C) groups is 1. The Morgan fingerprint density at radius 2 is 1.79 bits per heavy atom. The molecule has 0 bridgehead atoms. The lowest BCUT2D eigenvalue weighted by Crippen LogP contribution is -2.31. The van der Waals surface area contributed by atoms with E-state index in [1.807, 2.05) is 0 Å². The number of hydrogen-bond acceptors (Lipinski definition) is 1. The van der Waals surface area contributed by atoms with E-state index in [0.717, 1.165) is 23.0 Å². The molecule has 0 spiro atoms. The van der Waals surface area contributed by atoms with Crippen molar-refractivity contribution in [2.45, 2.75) is 32.6 Å². The molecule has 1 nitrogen and oxygen atoms in total. The minimum Gasteiger partial charge on any atom is -0.252 e. The predicted octanol–water partition coefficient (Wildman–Crippen LogP) is 6.10. The van der Waals surface area contributed by atoms with Crippen molar-refractivity contribution in [1.29, 1.82) is 0 Å². The molecule has 0 aromatic heterocycles. The first-order chi connectivity index (χ1) is 14.0. The monoisotopic (exact) mass is 439 g/mol. The second-order valence-corrected chi connectivity index (χ2v) is 10.2. The Morgan fingerprint density at radius 1 is 0.966 bits per heavy atom. The third kappa shape index (κ3) is 2.69. The first-order valence-electron chi connectivity index (χ1n) is 10.3. The number of halogens is 1. The molecule has 0 saturated heterocycles. The highest BCUT2D eigenvalue weighted by Gasteiger charge is 2.38. The van der Waals surface area contributed by atoms with E-state index in [4.69, 9.17) is 4.99 Å². The standard InChI is InChI=1S/C27H22BrN/c1-27(2)14-23(16-6-4-3-5-7-16)26-22-13-21-18(11-24(22)29-25(26)15-27)10-17-8-9-19(28)12-20(17)21/h3-13,23H,14-15H2,1-2H3. The zero-order valence-electron chi connectivity index (χ0n) is 16.7. The van der Waals surface area contributed by atoms with Crippen molar-refractivity contribution in [3.05, 3.63) is 86.7 Å². The predicted molar refractivity (Wildman–Crippen MR) is 125 cm³/mol. The Morgan fingerprint density at radius 3 is 2.62 bits per heavy atom. The summed E-state index contributed by atoms with van der Waals surface area (Å²) in [5.74, 6) is 0.408. The molecule has 6 rings (SSSR count). The Kier molecular flexibility index (Phi) is 3.62. The maximum absolute atomic E-state index is 5.15. The van der Waals surface area contributed by atoms with Crippen molar-refractivity contribution in [2.75, 3.05) is 0 Å². The molecule has 0 N–H and O–H groups in total. The first-order valence-corrected chi connectivity index (χ1v) is 11.1. The van der Waals surface area contributed by atoms with Crippen molar-refractivity contribution in [1.82, 2.24) is 0 Å². The molecule has 3 aromatic carbocycles. The van der Waals surface area contributed by atoms with Crippen LogP contribution in [0.3, 0.4) is 0 Å². The maximum Gasteiger partial charge on any atom is 0.0715 e. The van der Waals surface area contributed by atoms with Crippen molar-refractivity contribution < 1.29 is 0 Å². The minimum absolute atomic E-state index is 0.261. The number of hydrogen-bond donors (Lipinski definition) is 0. The van der Waals surface area contributed by atoms with Gasteiger partial charge in [-0.1, -0.05) is 66.2 Å². The van der Waals surface area contributed by atoms with Crippen LogP contribution in [0.4, 0.5) is 5.69 Å². The van der Waals surface area contributed by atoms with Crippen LogP contribution in [0.25, 0.3) is 22.8 Å². The second kappa shape index (κ2) is 6.03. The molecule has 3 aliphatic rings. The molecule has 2 aliphatic carbocycles. The summed E-state index contributed by atoms with van der Waals surface area (Å²) in [6.07, 6.45) is 4.51. The molecule has 29 heavy (non-hydrogen) atoms. The normalized spacial score (nSPS) is 20.3. The van der Waals surface area contributed by atoms with E-state index in [2.05, 4.69) is 96.5 Å². The molecule has 1 unspecified atom stereocenters. The van der Waals surface area contributed by atoms with E-state index < -0.39 is 0 Å². The average molecular weight is 440 g/mol. The summed E-state index contributed by atoms with van der Waals surface area (Å²) in [5.41, 5.74) is 9.52. The largest absolute Gasteiger partial charge is 0.252 e. The van der Waals surface area contributed by atoms with Gasteiger partial charge in [0.05, 0.1) is 5.69 Å². The summed E-state index contributed by atoms with van der Waals surface area (Å²) in [4.78, 5) is 5.15. The fourth-order valence-electron chi connectivity index (χ4n) is 5.36. The number of rotatable bonds is 1. The summed E-state index contributed by atoms with van der Waals surface area (Å²) in [6.45, 7) is 4.76. The van der Waals surface area contributed by atoms with Crippen LogP contribution in [0.15, 0.2) is 70.1 Å². The third-order valence-electron chi connectivity index (χ3n) is 6.59. The molecule has 1 atom stereocenters. The summed E-state index contributed by atoms with van der Waals surface area (Å²) >= 11 is 3.65. The van der Waals surface area contributed by atoms with Gasteiger partial charge in [-0.15, -0.1) is 0 Å².